The van der Waals surface area contributed by atoms with E-state index in [2.05, 4.69) is 24.4 Å². The standard InChI is InChI=1S/C15H18N2/c1-11-2-3-12(9-16)14(8-11)17-10-15(6-7-15)13-4-5-13/h2-3,8,13,17H,4-7,10H2,1H3. The van der Waals surface area contributed by atoms with Crippen LogP contribution in [0.15, 0.2) is 18.2 Å². The maximum absolute atomic E-state index is 9.09. The SMILES string of the molecule is Cc1ccc(C#N)c(NCC2(C3CC3)CC2)c1. The van der Waals surface area contributed by atoms with Gasteiger partial charge >= 0.3 is 0 Å². The molecule has 17 heavy (non-hydrogen) atoms. The fraction of sp³-hybridized carbons (Fsp3) is 0.533. The maximum atomic E-state index is 9.09. The molecule has 88 valence electrons. The van der Waals surface area contributed by atoms with Crippen LogP contribution in [-0.2, 0) is 0 Å². The van der Waals surface area contributed by atoms with Crippen molar-refractivity contribution in [2.75, 3.05) is 11.9 Å². The van der Waals surface area contributed by atoms with Crippen LogP contribution in [0, 0.1) is 29.6 Å². The lowest BCUT2D eigenvalue weighted by Gasteiger charge is -2.17. The molecule has 3 rings (SSSR count). The lowest BCUT2D eigenvalue weighted by molar-refractivity contribution is 0.467. The molecule has 2 saturated carbocycles. The molecule has 2 aliphatic carbocycles. The summed E-state index contributed by atoms with van der Waals surface area (Å²) in [5, 5.41) is 12.6. The van der Waals surface area contributed by atoms with Crippen molar-refractivity contribution in [2.45, 2.75) is 32.6 Å². The summed E-state index contributed by atoms with van der Waals surface area (Å²) >= 11 is 0. The van der Waals surface area contributed by atoms with Gasteiger partial charge in [-0.1, -0.05) is 6.07 Å². The molecule has 2 fully saturated rings. The Morgan fingerprint density at radius 1 is 1.41 bits per heavy atom. The smallest absolute Gasteiger partial charge is 0.101 e. The highest BCUT2D eigenvalue weighted by Gasteiger charge is 2.53. The molecule has 0 saturated heterocycles. The lowest BCUT2D eigenvalue weighted by Crippen LogP contribution is -2.17. The van der Waals surface area contributed by atoms with Gasteiger partial charge in [0.15, 0.2) is 0 Å². The van der Waals surface area contributed by atoms with Crippen molar-refractivity contribution >= 4 is 5.69 Å². The first kappa shape index (κ1) is 10.7. The summed E-state index contributed by atoms with van der Waals surface area (Å²) in [6, 6.07) is 8.26. The summed E-state index contributed by atoms with van der Waals surface area (Å²) in [4.78, 5) is 0. The zero-order chi connectivity index (χ0) is 11.9. The number of anilines is 1. The second-order valence-electron chi connectivity index (χ2n) is 5.65. The summed E-state index contributed by atoms with van der Waals surface area (Å²) in [5.41, 5.74) is 3.57. The van der Waals surface area contributed by atoms with Crippen LogP contribution in [0.25, 0.3) is 0 Å². The van der Waals surface area contributed by atoms with Gasteiger partial charge in [-0.2, -0.15) is 5.26 Å². The van der Waals surface area contributed by atoms with Gasteiger partial charge in [0.1, 0.15) is 6.07 Å². The Morgan fingerprint density at radius 3 is 2.76 bits per heavy atom. The molecule has 0 aromatic heterocycles. The van der Waals surface area contributed by atoms with Crippen molar-refractivity contribution in [1.29, 1.82) is 5.26 Å². The Bertz CT molecular complexity index is 476. The zero-order valence-electron chi connectivity index (χ0n) is 10.3. The molecule has 0 spiro atoms. The van der Waals surface area contributed by atoms with E-state index in [1.807, 2.05) is 12.1 Å². The van der Waals surface area contributed by atoms with Gasteiger partial charge < -0.3 is 5.32 Å². The molecule has 0 amide bonds. The number of nitrogens with one attached hydrogen (secondary N) is 1. The Morgan fingerprint density at radius 2 is 2.18 bits per heavy atom. The van der Waals surface area contributed by atoms with Crippen molar-refractivity contribution in [3.63, 3.8) is 0 Å². The molecule has 1 aromatic rings. The highest BCUT2D eigenvalue weighted by molar-refractivity contribution is 5.59. The molecule has 2 aliphatic rings. The van der Waals surface area contributed by atoms with Gasteiger partial charge in [-0.25, -0.2) is 0 Å². The van der Waals surface area contributed by atoms with Crippen molar-refractivity contribution in [1.82, 2.24) is 0 Å². The average molecular weight is 226 g/mol. The van der Waals surface area contributed by atoms with E-state index in [1.165, 1.54) is 31.2 Å². The van der Waals surface area contributed by atoms with Crippen LogP contribution in [0.1, 0.15) is 36.8 Å². The molecule has 1 aromatic carbocycles. The van der Waals surface area contributed by atoms with Gasteiger partial charge in [0.2, 0.25) is 0 Å². The molecular weight excluding hydrogens is 208 g/mol. The molecule has 0 radical (unpaired) electrons. The lowest BCUT2D eigenvalue weighted by atomic mass is 10.0. The van der Waals surface area contributed by atoms with E-state index in [0.717, 1.165) is 23.7 Å². The van der Waals surface area contributed by atoms with Gasteiger partial charge in [0.25, 0.3) is 0 Å². The van der Waals surface area contributed by atoms with Gasteiger partial charge in [-0.15, -0.1) is 0 Å². The zero-order valence-corrected chi connectivity index (χ0v) is 10.3. The largest absolute Gasteiger partial charge is 0.383 e. The number of benzene rings is 1. The van der Waals surface area contributed by atoms with Crippen molar-refractivity contribution in [3.05, 3.63) is 29.3 Å². The van der Waals surface area contributed by atoms with Gasteiger partial charge in [0, 0.05) is 6.54 Å². The van der Waals surface area contributed by atoms with Crippen molar-refractivity contribution < 1.29 is 0 Å². The minimum Gasteiger partial charge on any atom is -0.383 e. The van der Waals surface area contributed by atoms with Crippen molar-refractivity contribution in [3.8, 4) is 6.07 Å². The molecule has 0 aliphatic heterocycles. The van der Waals surface area contributed by atoms with E-state index in [4.69, 9.17) is 5.26 Å². The van der Waals surface area contributed by atoms with E-state index in [0.29, 0.717) is 5.41 Å². The molecule has 0 unspecified atom stereocenters. The van der Waals surface area contributed by atoms with Crippen LogP contribution >= 0.6 is 0 Å². The molecule has 0 heterocycles. The van der Waals surface area contributed by atoms with Crippen LogP contribution in [0.3, 0.4) is 0 Å². The van der Waals surface area contributed by atoms with Crippen LogP contribution in [0.4, 0.5) is 5.69 Å². The highest BCUT2D eigenvalue weighted by Crippen LogP contribution is 2.61. The van der Waals surface area contributed by atoms with Gasteiger partial charge in [-0.3, -0.25) is 0 Å². The fourth-order valence-corrected chi connectivity index (χ4v) is 2.76. The first-order chi connectivity index (χ1) is 8.23. The third-order valence-corrected chi connectivity index (χ3v) is 4.26. The summed E-state index contributed by atoms with van der Waals surface area (Å²) in [6.45, 7) is 3.12. The monoisotopic (exact) mass is 226 g/mol. The molecule has 1 N–H and O–H groups in total. The van der Waals surface area contributed by atoms with Crippen LogP contribution < -0.4 is 5.32 Å². The van der Waals surface area contributed by atoms with Gasteiger partial charge in [0.05, 0.1) is 11.3 Å². The van der Waals surface area contributed by atoms with E-state index in [9.17, 15) is 0 Å². The second-order valence-corrected chi connectivity index (χ2v) is 5.65. The van der Waals surface area contributed by atoms with Crippen LogP contribution in [-0.4, -0.2) is 6.54 Å². The summed E-state index contributed by atoms with van der Waals surface area (Å²) in [6.07, 6.45) is 5.58. The minimum atomic E-state index is 0.580. The first-order valence-corrected chi connectivity index (χ1v) is 6.48. The molecule has 0 bridgehead atoms. The quantitative estimate of drug-likeness (QED) is 0.853. The normalized spacial score (nSPS) is 20.7. The first-order valence-electron chi connectivity index (χ1n) is 6.48. The molecular formula is C15H18N2. The molecule has 0 atom stereocenters. The van der Waals surface area contributed by atoms with Crippen LogP contribution in [0.5, 0.6) is 0 Å². The van der Waals surface area contributed by atoms with Gasteiger partial charge in [-0.05, 0) is 61.6 Å². The minimum absolute atomic E-state index is 0.580. The van der Waals surface area contributed by atoms with Crippen LogP contribution in [0.2, 0.25) is 0 Å². The van der Waals surface area contributed by atoms with E-state index < -0.39 is 0 Å². The maximum Gasteiger partial charge on any atom is 0.101 e. The summed E-state index contributed by atoms with van der Waals surface area (Å²) in [7, 11) is 0. The predicted octanol–water partition coefficient (Wildman–Crippen LogP) is 3.47. The molecule has 2 nitrogen and oxygen atoms in total. The Labute approximate surface area is 103 Å². The third-order valence-electron chi connectivity index (χ3n) is 4.26. The summed E-state index contributed by atoms with van der Waals surface area (Å²) in [5.74, 6) is 0.963. The number of nitriles is 1. The fourth-order valence-electron chi connectivity index (χ4n) is 2.76. The molecule has 2 heteroatoms. The average Bonchev–Trinajstić information content (AvgIpc) is 3.17. The van der Waals surface area contributed by atoms with E-state index in [-0.39, 0.29) is 0 Å². The number of hydrogen-bond acceptors (Lipinski definition) is 2. The Hall–Kier alpha value is -1.49. The number of rotatable bonds is 4. The number of nitrogens with zero attached hydrogens (tertiary/aromatic N) is 1. The Kier molecular flexibility index (Phi) is 2.36. The number of aryl methyl sites for hydroxylation is 1. The van der Waals surface area contributed by atoms with Crippen molar-refractivity contribution in [2.24, 2.45) is 11.3 Å². The Balaban J connectivity index is 1.72. The second kappa shape index (κ2) is 3.77. The number of hydrogen-bond donors (Lipinski definition) is 1. The summed E-state index contributed by atoms with van der Waals surface area (Å²) < 4.78 is 0. The predicted molar refractivity (Wildman–Crippen MR) is 68.8 cm³/mol. The topological polar surface area (TPSA) is 35.8 Å². The third kappa shape index (κ3) is 2.02. The van der Waals surface area contributed by atoms with E-state index >= 15 is 0 Å². The highest BCUT2D eigenvalue weighted by atomic mass is 14.9. The van der Waals surface area contributed by atoms with E-state index in [1.54, 1.807) is 0 Å².